The molecule has 6 nitrogen and oxygen atoms in total. The van der Waals surface area contributed by atoms with Crippen LogP contribution in [0.5, 0.6) is 11.5 Å². The van der Waals surface area contributed by atoms with Crippen LogP contribution >= 0.6 is 0 Å². The monoisotopic (exact) mass is 359 g/mol. The van der Waals surface area contributed by atoms with E-state index in [4.69, 9.17) is 13.9 Å². The minimum atomic E-state index is 0.531. The van der Waals surface area contributed by atoms with Crippen molar-refractivity contribution in [1.29, 1.82) is 0 Å². The van der Waals surface area contributed by atoms with Gasteiger partial charge in [-0.1, -0.05) is 26.0 Å². The predicted octanol–water partition coefficient (Wildman–Crippen LogP) is 3.35. The summed E-state index contributed by atoms with van der Waals surface area (Å²) < 4.78 is 16.7. The van der Waals surface area contributed by atoms with E-state index in [1.807, 2.05) is 12.1 Å². The molecular weight excluding hydrogens is 330 g/mol. The van der Waals surface area contributed by atoms with Crippen molar-refractivity contribution in [1.82, 2.24) is 15.1 Å². The van der Waals surface area contributed by atoms with Crippen LogP contribution in [0.4, 0.5) is 0 Å². The summed E-state index contributed by atoms with van der Waals surface area (Å²) in [7, 11) is 3.37. The number of para-hydroxylation sites is 1. The molecule has 0 radical (unpaired) electrons. The molecule has 0 bridgehead atoms. The standard InChI is InChI=1S/C20H29N3O3/c1-14(2)10-18-21-22-19(26-18)11-15-8-9-23(12-15)13-16-6-5-7-17(24-3)20(16)25-4/h5-7,14-15H,8-13H2,1-4H3/t15-/m1/s1. The van der Waals surface area contributed by atoms with E-state index in [0.29, 0.717) is 11.8 Å². The van der Waals surface area contributed by atoms with Gasteiger partial charge < -0.3 is 13.9 Å². The number of rotatable bonds is 8. The zero-order valence-electron chi connectivity index (χ0n) is 16.2. The molecule has 0 aliphatic carbocycles. The van der Waals surface area contributed by atoms with Crippen molar-refractivity contribution in [2.75, 3.05) is 27.3 Å². The van der Waals surface area contributed by atoms with Crippen molar-refractivity contribution in [3.8, 4) is 11.5 Å². The molecule has 6 heteroatoms. The van der Waals surface area contributed by atoms with Crippen molar-refractivity contribution < 1.29 is 13.9 Å². The van der Waals surface area contributed by atoms with Gasteiger partial charge in [-0.05, 0) is 30.9 Å². The molecule has 0 saturated carbocycles. The molecule has 1 fully saturated rings. The fourth-order valence-electron chi connectivity index (χ4n) is 3.59. The van der Waals surface area contributed by atoms with Gasteiger partial charge in [-0.2, -0.15) is 0 Å². The highest BCUT2D eigenvalue weighted by Crippen LogP contribution is 2.32. The second-order valence-electron chi connectivity index (χ2n) is 7.43. The summed E-state index contributed by atoms with van der Waals surface area (Å²) in [5.74, 6) is 4.22. The van der Waals surface area contributed by atoms with Crippen LogP contribution in [0.15, 0.2) is 22.6 Å². The molecule has 1 saturated heterocycles. The molecule has 0 spiro atoms. The fraction of sp³-hybridized carbons (Fsp3) is 0.600. The van der Waals surface area contributed by atoms with Gasteiger partial charge in [0.15, 0.2) is 11.5 Å². The van der Waals surface area contributed by atoms with Crippen molar-refractivity contribution in [3.05, 3.63) is 35.5 Å². The quantitative estimate of drug-likeness (QED) is 0.720. The van der Waals surface area contributed by atoms with Gasteiger partial charge in [0.25, 0.3) is 0 Å². The van der Waals surface area contributed by atoms with Crippen LogP contribution in [0.2, 0.25) is 0 Å². The minimum absolute atomic E-state index is 0.531. The summed E-state index contributed by atoms with van der Waals surface area (Å²) in [4.78, 5) is 2.45. The lowest BCUT2D eigenvalue weighted by atomic mass is 10.1. The zero-order chi connectivity index (χ0) is 18.5. The number of methoxy groups -OCH3 is 2. The first-order valence-corrected chi connectivity index (χ1v) is 9.32. The summed E-state index contributed by atoms with van der Waals surface area (Å²) >= 11 is 0. The number of aromatic nitrogens is 2. The summed E-state index contributed by atoms with van der Waals surface area (Å²) in [6.07, 6.45) is 2.85. The SMILES string of the molecule is COc1cccc(CN2CC[C@H](Cc3nnc(CC(C)C)o3)C2)c1OC. The first-order chi connectivity index (χ1) is 12.6. The Balaban J connectivity index is 1.57. The molecule has 1 aromatic heterocycles. The van der Waals surface area contributed by atoms with Crippen molar-refractivity contribution >= 4 is 0 Å². The van der Waals surface area contributed by atoms with Gasteiger partial charge in [-0.25, -0.2) is 0 Å². The summed E-state index contributed by atoms with van der Waals surface area (Å²) in [6, 6.07) is 6.04. The zero-order valence-corrected chi connectivity index (χ0v) is 16.2. The molecule has 1 aliphatic rings. The molecule has 0 amide bonds. The number of benzene rings is 1. The number of likely N-dealkylation sites (tertiary alicyclic amines) is 1. The van der Waals surface area contributed by atoms with Gasteiger partial charge in [0.05, 0.1) is 14.2 Å². The second kappa shape index (κ2) is 8.54. The second-order valence-corrected chi connectivity index (χ2v) is 7.43. The van der Waals surface area contributed by atoms with Crippen LogP contribution in [0.1, 0.15) is 37.6 Å². The largest absolute Gasteiger partial charge is 0.493 e. The molecule has 142 valence electrons. The van der Waals surface area contributed by atoms with E-state index < -0.39 is 0 Å². The Morgan fingerprint density at radius 3 is 2.73 bits per heavy atom. The van der Waals surface area contributed by atoms with Crippen LogP contribution in [0.3, 0.4) is 0 Å². The summed E-state index contributed by atoms with van der Waals surface area (Å²) in [5.41, 5.74) is 1.16. The predicted molar refractivity (Wildman–Crippen MR) is 99.5 cm³/mol. The molecule has 2 aromatic rings. The molecule has 0 unspecified atom stereocenters. The van der Waals surface area contributed by atoms with E-state index in [0.717, 1.165) is 67.7 Å². The molecule has 2 heterocycles. The highest BCUT2D eigenvalue weighted by atomic mass is 16.5. The summed E-state index contributed by atoms with van der Waals surface area (Å²) in [5, 5.41) is 8.39. The van der Waals surface area contributed by atoms with Crippen LogP contribution in [-0.4, -0.2) is 42.4 Å². The maximum Gasteiger partial charge on any atom is 0.216 e. The maximum absolute atomic E-state index is 5.80. The summed E-state index contributed by atoms with van der Waals surface area (Å²) in [6.45, 7) is 7.27. The van der Waals surface area contributed by atoms with Crippen molar-refractivity contribution in [2.24, 2.45) is 11.8 Å². The highest BCUT2D eigenvalue weighted by molar-refractivity contribution is 5.46. The van der Waals surface area contributed by atoms with Crippen LogP contribution in [0.25, 0.3) is 0 Å². The van der Waals surface area contributed by atoms with Gasteiger partial charge in [-0.3, -0.25) is 4.90 Å². The number of hydrogen-bond donors (Lipinski definition) is 0. The molecule has 1 aromatic carbocycles. The molecule has 26 heavy (non-hydrogen) atoms. The first-order valence-electron chi connectivity index (χ1n) is 9.32. The topological polar surface area (TPSA) is 60.6 Å². The third-order valence-corrected chi connectivity index (χ3v) is 4.80. The Kier molecular flexibility index (Phi) is 6.14. The van der Waals surface area contributed by atoms with E-state index in [1.165, 1.54) is 0 Å². The Morgan fingerprint density at radius 1 is 1.19 bits per heavy atom. The van der Waals surface area contributed by atoms with E-state index in [1.54, 1.807) is 14.2 Å². The maximum atomic E-state index is 5.80. The fourth-order valence-corrected chi connectivity index (χ4v) is 3.59. The molecule has 0 N–H and O–H groups in total. The van der Waals surface area contributed by atoms with Crippen LogP contribution in [0, 0.1) is 11.8 Å². The smallest absolute Gasteiger partial charge is 0.216 e. The van der Waals surface area contributed by atoms with E-state index >= 15 is 0 Å². The van der Waals surface area contributed by atoms with Crippen LogP contribution < -0.4 is 9.47 Å². The van der Waals surface area contributed by atoms with Gasteiger partial charge in [0.2, 0.25) is 11.8 Å². The minimum Gasteiger partial charge on any atom is -0.493 e. The number of hydrogen-bond acceptors (Lipinski definition) is 6. The first kappa shape index (κ1) is 18.7. The lowest BCUT2D eigenvalue weighted by Gasteiger charge is -2.19. The average Bonchev–Trinajstić information content (AvgIpc) is 3.24. The molecule has 1 aliphatic heterocycles. The third-order valence-electron chi connectivity index (χ3n) is 4.80. The van der Waals surface area contributed by atoms with Crippen LogP contribution in [-0.2, 0) is 19.4 Å². The van der Waals surface area contributed by atoms with E-state index in [9.17, 15) is 0 Å². The lowest BCUT2D eigenvalue weighted by molar-refractivity contribution is 0.298. The van der Waals surface area contributed by atoms with Gasteiger partial charge in [0.1, 0.15) is 0 Å². The van der Waals surface area contributed by atoms with Gasteiger partial charge in [0, 0.05) is 31.5 Å². The molecule has 3 rings (SSSR count). The third kappa shape index (κ3) is 4.55. The normalized spacial score (nSPS) is 17.8. The highest BCUT2D eigenvalue weighted by Gasteiger charge is 2.25. The molecular formula is C20H29N3O3. The molecule has 1 atom stereocenters. The number of ether oxygens (including phenoxy) is 2. The van der Waals surface area contributed by atoms with E-state index in [2.05, 4.69) is 35.0 Å². The number of nitrogens with zero attached hydrogens (tertiary/aromatic N) is 3. The lowest BCUT2D eigenvalue weighted by Crippen LogP contribution is -2.21. The Morgan fingerprint density at radius 2 is 2.00 bits per heavy atom. The average molecular weight is 359 g/mol. The van der Waals surface area contributed by atoms with Gasteiger partial charge in [-0.15, -0.1) is 10.2 Å². The van der Waals surface area contributed by atoms with Crippen molar-refractivity contribution in [2.45, 2.75) is 39.7 Å². The Labute approximate surface area is 155 Å². The Hall–Kier alpha value is -2.08. The van der Waals surface area contributed by atoms with E-state index in [-0.39, 0.29) is 0 Å². The van der Waals surface area contributed by atoms with Crippen molar-refractivity contribution in [3.63, 3.8) is 0 Å². The van der Waals surface area contributed by atoms with Gasteiger partial charge >= 0.3 is 0 Å². The Bertz CT molecular complexity index is 714.